The second kappa shape index (κ2) is 5.37. The average Bonchev–Trinajstić information content (AvgIpc) is 2.78. The number of ether oxygens (including phenoxy) is 1. The summed E-state index contributed by atoms with van der Waals surface area (Å²) in [5.41, 5.74) is 6.75. The Hall–Kier alpha value is -1.74. The molecule has 0 unspecified atom stereocenters. The van der Waals surface area contributed by atoms with E-state index in [2.05, 4.69) is 4.57 Å². The molecule has 0 bridgehead atoms. The molecule has 2 rings (SSSR count). The molecule has 0 saturated carbocycles. The van der Waals surface area contributed by atoms with Gasteiger partial charge in [0, 0.05) is 18.4 Å². The van der Waals surface area contributed by atoms with Crippen LogP contribution in [0.1, 0.15) is 5.69 Å². The van der Waals surface area contributed by atoms with Gasteiger partial charge in [0.1, 0.15) is 12.4 Å². The first-order valence-electron chi connectivity index (χ1n) is 5.42. The second-order valence-corrected chi connectivity index (χ2v) is 3.56. The van der Waals surface area contributed by atoms with E-state index in [1.165, 1.54) is 0 Å². The summed E-state index contributed by atoms with van der Waals surface area (Å²) in [5.74, 6) is 0.906. The fourth-order valence-electron chi connectivity index (χ4n) is 1.63. The number of hydrogen-bond donors (Lipinski definition) is 1. The van der Waals surface area contributed by atoms with Gasteiger partial charge in [0.15, 0.2) is 0 Å². The Morgan fingerprint density at radius 3 is 2.62 bits per heavy atom. The molecule has 0 atom stereocenters. The molecule has 84 valence electrons. The molecule has 0 aliphatic heterocycles. The Morgan fingerprint density at radius 1 is 1.06 bits per heavy atom. The SMILES string of the molecule is NCc1cccn1CCOc1ccccc1. The molecule has 0 saturated heterocycles. The van der Waals surface area contributed by atoms with Crippen LogP contribution in [0.3, 0.4) is 0 Å². The molecular weight excluding hydrogens is 200 g/mol. The lowest BCUT2D eigenvalue weighted by Crippen LogP contribution is -2.12. The molecule has 1 aromatic carbocycles. The Kier molecular flexibility index (Phi) is 3.62. The van der Waals surface area contributed by atoms with E-state index >= 15 is 0 Å². The summed E-state index contributed by atoms with van der Waals surface area (Å²) in [5, 5.41) is 0. The van der Waals surface area contributed by atoms with Gasteiger partial charge in [-0.2, -0.15) is 0 Å². The minimum Gasteiger partial charge on any atom is -0.492 e. The van der Waals surface area contributed by atoms with Gasteiger partial charge < -0.3 is 15.0 Å². The number of rotatable bonds is 5. The normalized spacial score (nSPS) is 10.3. The van der Waals surface area contributed by atoms with Gasteiger partial charge in [0.2, 0.25) is 0 Å². The van der Waals surface area contributed by atoms with Crippen LogP contribution in [0, 0.1) is 0 Å². The van der Waals surface area contributed by atoms with E-state index < -0.39 is 0 Å². The van der Waals surface area contributed by atoms with Crippen LogP contribution in [-0.2, 0) is 13.1 Å². The molecule has 2 N–H and O–H groups in total. The number of hydrogen-bond acceptors (Lipinski definition) is 2. The maximum absolute atomic E-state index is 5.62. The average molecular weight is 216 g/mol. The van der Waals surface area contributed by atoms with E-state index in [1.807, 2.05) is 48.7 Å². The second-order valence-electron chi connectivity index (χ2n) is 3.56. The molecule has 0 spiro atoms. The van der Waals surface area contributed by atoms with Gasteiger partial charge in [-0.25, -0.2) is 0 Å². The van der Waals surface area contributed by atoms with Crippen molar-refractivity contribution in [3.63, 3.8) is 0 Å². The summed E-state index contributed by atoms with van der Waals surface area (Å²) in [6, 6.07) is 13.9. The number of nitrogens with zero attached hydrogens (tertiary/aromatic N) is 1. The zero-order valence-corrected chi connectivity index (χ0v) is 9.17. The van der Waals surface area contributed by atoms with E-state index in [1.54, 1.807) is 0 Å². The van der Waals surface area contributed by atoms with Crippen LogP contribution in [0.15, 0.2) is 48.7 Å². The molecule has 1 heterocycles. The van der Waals surface area contributed by atoms with E-state index in [-0.39, 0.29) is 0 Å². The molecule has 0 aliphatic carbocycles. The van der Waals surface area contributed by atoms with Gasteiger partial charge in [-0.3, -0.25) is 0 Å². The first-order valence-corrected chi connectivity index (χ1v) is 5.42. The molecule has 0 fully saturated rings. The van der Waals surface area contributed by atoms with E-state index in [9.17, 15) is 0 Å². The van der Waals surface area contributed by atoms with Crippen LogP contribution in [0.5, 0.6) is 5.75 Å². The number of nitrogens with two attached hydrogens (primary N) is 1. The van der Waals surface area contributed by atoms with Gasteiger partial charge in [-0.1, -0.05) is 18.2 Å². The zero-order valence-electron chi connectivity index (χ0n) is 9.17. The topological polar surface area (TPSA) is 40.2 Å². The highest BCUT2D eigenvalue weighted by molar-refractivity contribution is 5.20. The van der Waals surface area contributed by atoms with Gasteiger partial charge in [-0.05, 0) is 24.3 Å². The minimum absolute atomic E-state index is 0.568. The third kappa shape index (κ3) is 2.64. The summed E-state index contributed by atoms with van der Waals surface area (Å²) >= 11 is 0. The Morgan fingerprint density at radius 2 is 1.88 bits per heavy atom. The Labute approximate surface area is 95.5 Å². The van der Waals surface area contributed by atoms with Crippen molar-refractivity contribution in [2.75, 3.05) is 6.61 Å². The van der Waals surface area contributed by atoms with Crippen LogP contribution >= 0.6 is 0 Å². The molecule has 3 nitrogen and oxygen atoms in total. The molecule has 1 aromatic heterocycles. The predicted octanol–water partition coefficient (Wildman–Crippen LogP) is 2.03. The third-order valence-electron chi connectivity index (χ3n) is 2.48. The molecule has 2 aromatic rings. The summed E-state index contributed by atoms with van der Waals surface area (Å²) < 4.78 is 7.73. The predicted molar refractivity (Wildman–Crippen MR) is 64.3 cm³/mol. The molecule has 0 aliphatic rings. The van der Waals surface area contributed by atoms with Gasteiger partial charge >= 0.3 is 0 Å². The highest BCUT2D eigenvalue weighted by Gasteiger charge is 1.98. The highest BCUT2D eigenvalue weighted by Crippen LogP contribution is 2.08. The summed E-state index contributed by atoms with van der Waals surface area (Å²) in [7, 11) is 0. The van der Waals surface area contributed by atoms with Crippen molar-refractivity contribution in [2.24, 2.45) is 5.73 Å². The number of para-hydroxylation sites is 1. The maximum Gasteiger partial charge on any atom is 0.119 e. The number of benzene rings is 1. The lowest BCUT2D eigenvalue weighted by molar-refractivity contribution is 0.297. The fourth-order valence-corrected chi connectivity index (χ4v) is 1.63. The van der Waals surface area contributed by atoms with Crippen molar-refractivity contribution >= 4 is 0 Å². The van der Waals surface area contributed by atoms with E-state index in [4.69, 9.17) is 10.5 Å². The van der Waals surface area contributed by atoms with Crippen LogP contribution in [0.4, 0.5) is 0 Å². The number of aromatic nitrogens is 1. The zero-order chi connectivity index (χ0) is 11.2. The summed E-state index contributed by atoms with van der Waals surface area (Å²) in [6.07, 6.45) is 2.02. The highest BCUT2D eigenvalue weighted by atomic mass is 16.5. The first-order chi connectivity index (χ1) is 7.90. The van der Waals surface area contributed by atoms with Gasteiger partial charge in [-0.15, -0.1) is 0 Å². The summed E-state index contributed by atoms with van der Waals surface area (Å²) in [4.78, 5) is 0. The smallest absolute Gasteiger partial charge is 0.119 e. The van der Waals surface area contributed by atoms with Crippen molar-refractivity contribution in [1.82, 2.24) is 4.57 Å². The first kappa shape index (κ1) is 10.8. The maximum atomic E-state index is 5.62. The van der Waals surface area contributed by atoms with E-state index in [0.717, 1.165) is 18.0 Å². The molecule has 3 heteroatoms. The van der Waals surface area contributed by atoms with Crippen molar-refractivity contribution in [2.45, 2.75) is 13.1 Å². The van der Waals surface area contributed by atoms with Crippen molar-refractivity contribution < 1.29 is 4.74 Å². The van der Waals surface area contributed by atoms with Crippen LogP contribution < -0.4 is 10.5 Å². The molecule has 0 radical (unpaired) electrons. The molecular formula is C13H16N2O. The Balaban J connectivity index is 1.85. The monoisotopic (exact) mass is 216 g/mol. The van der Waals surface area contributed by atoms with Crippen LogP contribution in [0.25, 0.3) is 0 Å². The van der Waals surface area contributed by atoms with Gasteiger partial charge in [0.25, 0.3) is 0 Å². The largest absolute Gasteiger partial charge is 0.492 e. The fraction of sp³-hybridized carbons (Fsp3) is 0.231. The lowest BCUT2D eigenvalue weighted by atomic mass is 10.3. The quantitative estimate of drug-likeness (QED) is 0.830. The Bertz CT molecular complexity index is 423. The molecule has 16 heavy (non-hydrogen) atoms. The summed E-state index contributed by atoms with van der Waals surface area (Å²) in [6.45, 7) is 2.05. The van der Waals surface area contributed by atoms with Gasteiger partial charge in [0.05, 0.1) is 6.54 Å². The standard InChI is InChI=1S/C13H16N2O/c14-11-12-5-4-8-15(12)9-10-16-13-6-2-1-3-7-13/h1-8H,9-11,14H2. The third-order valence-corrected chi connectivity index (χ3v) is 2.48. The minimum atomic E-state index is 0.568. The lowest BCUT2D eigenvalue weighted by Gasteiger charge is -2.09. The van der Waals surface area contributed by atoms with Crippen LogP contribution in [-0.4, -0.2) is 11.2 Å². The van der Waals surface area contributed by atoms with Crippen molar-refractivity contribution in [3.05, 3.63) is 54.4 Å². The van der Waals surface area contributed by atoms with Crippen LogP contribution in [0.2, 0.25) is 0 Å². The van der Waals surface area contributed by atoms with Crippen molar-refractivity contribution in [3.8, 4) is 5.75 Å². The molecule has 0 amide bonds. The van der Waals surface area contributed by atoms with E-state index in [0.29, 0.717) is 13.2 Å². The van der Waals surface area contributed by atoms with Crippen molar-refractivity contribution in [1.29, 1.82) is 0 Å².